The van der Waals surface area contributed by atoms with E-state index in [0.29, 0.717) is 23.9 Å². The fourth-order valence-corrected chi connectivity index (χ4v) is 11.4. The molecule has 0 rings (SSSR count). The molecule has 0 aliphatic carbocycles. The van der Waals surface area contributed by atoms with E-state index in [-0.39, 0.29) is 19.1 Å². The zero-order chi connectivity index (χ0) is 54.2. The van der Waals surface area contributed by atoms with Crippen molar-refractivity contribution >= 4 is 13.7 Å². The topological polar surface area (TPSA) is 105 Å². The lowest BCUT2D eigenvalue weighted by Crippen LogP contribution is -2.46. The molecule has 444 valence electrons. The van der Waals surface area contributed by atoms with Gasteiger partial charge in [-0.25, -0.2) is 4.57 Å². The lowest BCUT2D eigenvalue weighted by atomic mass is 10.0. The van der Waals surface area contributed by atoms with Gasteiger partial charge in [-0.2, -0.15) is 0 Å². The number of amides is 1. The summed E-state index contributed by atoms with van der Waals surface area (Å²) in [6.07, 6.45) is 70.7. The number of hydrogen-bond donors (Lipinski definition) is 3. The van der Waals surface area contributed by atoms with Gasteiger partial charge in [-0.15, -0.1) is 0 Å². The summed E-state index contributed by atoms with van der Waals surface area (Å²) in [6.45, 7) is 4.95. The molecule has 1 amide bonds. The fraction of sp³-hybridized carbons (Fsp3) is 0.985. The second kappa shape index (κ2) is 57.2. The van der Waals surface area contributed by atoms with Crippen molar-refractivity contribution in [2.75, 3.05) is 40.9 Å². The standard InChI is InChI=1S/C65H133N2O6P/c1-6-8-10-12-14-16-18-20-22-24-25-26-27-28-29-30-31-32-33-34-35-36-37-38-39-40-41-42-43-45-47-49-51-53-55-57-59-65(69)66-63(62-73-74(70,71)72-61-60-67(3,4)5)64(68)58-56-54-52-50-48-46-44-23-21-19-17-15-13-11-9-7-2/h63-64,68H,6-62H2,1-5H3,(H-,66,69,70,71)/p+1/t63-,64+/m0/s1. The maximum Gasteiger partial charge on any atom is 0.472 e. The molecular formula is C65H134N2O6P+. The molecule has 8 nitrogen and oxygen atoms in total. The molecule has 9 heteroatoms. The third kappa shape index (κ3) is 59.2. The number of likely N-dealkylation sites (N-methyl/N-ethyl adjacent to an activating group) is 1. The Labute approximate surface area is 463 Å². The summed E-state index contributed by atoms with van der Waals surface area (Å²) in [5.41, 5.74) is 0. The molecule has 0 aliphatic heterocycles. The first kappa shape index (κ1) is 73.5. The van der Waals surface area contributed by atoms with Gasteiger partial charge in [0.25, 0.3) is 0 Å². The van der Waals surface area contributed by atoms with Crippen molar-refractivity contribution in [3.8, 4) is 0 Å². The Morgan fingerprint density at radius 1 is 0.405 bits per heavy atom. The van der Waals surface area contributed by atoms with Gasteiger partial charge in [0.1, 0.15) is 13.2 Å². The van der Waals surface area contributed by atoms with Crippen molar-refractivity contribution in [1.82, 2.24) is 5.32 Å². The first-order valence-corrected chi connectivity index (χ1v) is 34.9. The third-order valence-electron chi connectivity index (χ3n) is 15.9. The molecule has 0 bridgehead atoms. The fourth-order valence-electron chi connectivity index (χ4n) is 10.6. The van der Waals surface area contributed by atoms with Crippen molar-refractivity contribution in [2.45, 2.75) is 373 Å². The van der Waals surface area contributed by atoms with Gasteiger partial charge in [0.15, 0.2) is 0 Å². The average Bonchev–Trinajstić information content (AvgIpc) is 3.36. The van der Waals surface area contributed by atoms with Crippen LogP contribution in [-0.2, 0) is 18.4 Å². The number of nitrogens with zero attached hydrogens (tertiary/aromatic N) is 1. The molecule has 3 atom stereocenters. The highest BCUT2D eigenvalue weighted by Gasteiger charge is 2.28. The van der Waals surface area contributed by atoms with Crippen LogP contribution >= 0.6 is 7.82 Å². The Morgan fingerprint density at radius 3 is 0.905 bits per heavy atom. The number of carbonyl (C=O) groups is 1. The van der Waals surface area contributed by atoms with Crippen LogP contribution in [0.4, 0.5) is 0 Å². The summed E-state index contributed by atoms with van der Waals surface area (Å²) in [6, 6.07) is -0.755. The van der Waals surface area contributed by atoms with E-state index in [2.05, 4.69) is 19.2 Å². The van der Waals surface area contributed by atoms with Crippen molar-refractivity contribution in [3.05, 3.63) is 0 Å². The van der Waals surface area contributed by atoms with Crippen LogP contribution in [0.15, 0.2) is 0 Å². The number of aliphatic hydroxyl groups excluding tert-OH is 1. The first-order valence-electron chi connectivity index (χ1n) is 33.4. The predicted octanol–water partition coefficient (Wildman–Crippen LogP) is 20.8. The van der Waals surface area contributed by atoms with Gasteiger partial charge in [-0.05, 0) is 12.8 Å². The SMILES string of the molecule is CCCCCCCCCCCCCCCCCCCCCCCCCCCCCCCCCCCCCCC(=O)N[C@@H](COP(=O)(O)OCC[N+](C)(C)C)[C@H](O)CCCCCCCCCCCCCCCCCC. The van der Waals surface area contributed by atoms with Crippen LogP contribution in [0.5, 0.6) is 0 Å². The highest BCUT2D eigenvalue weighted by atomic mass is 31.2. The third-order valence-corrected chi connectivity index (χ3v) is 16.8. The second-order valence-electron chi connectivity index (χ2n) is 24.6. The molecule has 0 heterocycles. The maximum absolute atomic E-state index is 13.0. The molecule has 0 saturated carbocycles. The highest BCUT2D eigenvalue weighted by molar-refractivity contribution is 7.47. The van der Waals surface area contributed by atoms with Gasteiger partial charge >= 0.3 is 7.82 Å². The molecule has 0 radical (unpaired) electrons. The minimum atomic E-state index is -4.32. The highest BCUT2D eigenvalue weighted by Crippen LogP contribution is 2.43. The van der Waals surface area contributed by atoms with Crippen LogP contribution in [-0.4, -0.2) is 73.4 Å². The zero-order valence-electron chi connectivity index (χ0n) is 50.9. The van der Waals surface area contributed by atoms with Gasteiger partial charge in [0.2, 0.25) is 5.91 Å². The maximum atomic E-state index is 13.0. The Morgan fingerprint density at radius 2 is 0.649 bits per heavy atom. The number of phosphoric ester groups is 1. The summed E-state index contributed by atoms with van der Waals surface area (Å²) in [7, 11) is 1.64. The van der Waals surface area contributed by atoms with Gasteiger partial charge in [-0.3, -0.25) is 13.8 Å². The molecule has 0 aliphatic rings. The predicted molar refractivity (Wildman–Crippen MR) is 323 cm³/mol. The van der Waals surface area contributed by atoms with Crippen LogP contribution in [0.3, 0.4) is 0 Å². The van der Waals surface area contributed by atoms with Crippen LogP contribution in [0.1, 0.15) is 361 Å². The quantitative estimate of drug-likeness (QED) is 0.0318. The molecule has 0 aromatic rings. The van der Waals surface area contributed by atoms with Gasteiger partial charge in [0, 0.05) is 6.42 Å². The van der Waals surface area contributed by atoms with Crippen LogP contribution in [0, 0.1) is 0 Å². The van der Waals surface area contributed by atoms with Crippen molar-refractivity contribution in [1.29, 1.82) is 0 Å². The number of carbonyl (C=O) groups excluding carboxylic acids is 1. The van der Waals surface area contributed by atoms with Gasteiger partial charge in [0.05, 0.1) is 39.9 Å². The number of nitrogens with one attached hydrogen (secondary N) is 1. The van der Waals surface area contributed by atoms with Crippen LogP contribution < -0.4 is 5.32 Å². The number of hydrogen-bond acceptors (Lipinski definition) is 5. The summed E-state index contributed by atoms with van der Waals surface area (Å²) in [5.74, 6) is -0.135. The number of quaternary nitrogens is 1. The summed E-state index contributed by atoms with van der Waals surface area (Å²) in [4.78, 5) is 23.4. The largest absolute Gasteiger partial charge is 0.472 e. The number of rotatable bonds is 63. The normalized spacial score (nSPS) is 13.7. The Hall–Kier alpha value is -0.500. The molecule has 3 N–H and O–H groups in total. The lowest BCUT2D eigenvalue weighted by Gasteiger charge is -2.26. The van der Waals surface area contributed by atoms with Gasteiger partial charge < -0.3 is 19.8 Å². The molecule has 0 fully saturated rings. The minimum absolute atomic E-state index is 0.0792. The number of aliphatic hydroxyl groups is 1. The molecule has 0 spiro atoms. The molecule has 74 heavy (non-hydrogen) atoms. The van der Waals surface area contributed by atoms with Crippen molar-refractivity contribution in [2.24, 2.45) is 0 Å². The summed E-state index contributed by atoms with van der Waals surface area (Å²) >= 11 is 0. The van der Waals surface area contributed by atoms with Crippen LogP contribution in [0.2, 0.25) is 0 Å². The minimum Gasteiger partial charge on any atom is -0.391 e. The van der Waals surface area contributed by atoms with E-state index >= 15 is 0 Å². The monoisotopic (exact) mass is 1070 g/mol. The van der Waals surface area contributed by atoms with E-state index in [0.717, 1.165) is 38.5 Å². The van der Waals surface area contributed by atoms with Gasteiger partial charge in [-0.1, -0.05) is 341 Å². The van der Waals surface area contributed by atoms with E-state index in [1.165, 1.54) is 295 Å². The molecular weight excluding hydrogens is 936 g/mol. The van der Waals surface area contributed by atoms with E-state index in [1.807, 2.05) is 21.1 Å². The van der Waals surface area contributed by atoms with Crippen molar-refractivity contribution in [3.63, 3.8) is 0 Å². The van der Waals surface area contributed by atoms with E-state index < -0.39 is 20.0 Å². The second-order valence-corrected chi connectivity index (χ2v) is 26.0. The zero-order valence-corrected chi connectivity index (χ0v) is 51.8. The summed E-state index contributed by atoms with van der Waals surface area (Å²) < 4.78 is 23.8. The smallest absolute Gasteiger partial charge is 0.391 e. The molecule has 1 unspecified atom stereocenters. The number of unbranched alkanes of at least 4 members (excludes halogenated alkanes) is 50. The molecule has 0 aromatic carbocycles. The van der Waals surface area contributed by atoms with Crippen LogP contribution in [0.25, 0.3) is 0 Å². The first-order chi connectivity index (χ1) is 36.0. The summed E-state index contributed by atoms with van der Waals surface area (Å²) in [5, 5.41) is 14.1. The number of phosphoric acid groups is 1. The Kier molecular flexibility index (Phi) is 56.8. The lowest BCUT2D eigenvalue weighted by molar-refractivity contribution is -0.870. The average molecular weight is 1070 g/mol. The molecule has 0 aromatic heterocycles. The van der Waals surface area contributed by atoms with Crippen molar-refractivity contribution < 1.29 is 32.9 Å². The van der Waals surface area contributed by atoms with E-state index in [1.54, 1.807) is 0 Å². The molecule has 0 saturated heterocycles. The van der Waals surface area contributed by atoms with E-state index in [9.17, 15) is 19.4 Å². The Bertz CT molecular complexity index is 1170. The van der Waals surface area contributed by atoms with E-state index in [4.69, 9.17) is 9.05 Å². The Balaban J connectivity index is 3.88.